The SMILES string of the molecule is C=CCCC(C)(C)NC(=O)Nc1c[nH]nc1-c1nc2cc(CN3CCOCC3)ccc2[nH]1. The summed E-state index contributed by atoms with van der Waals surface area (Å²) in [6, 6.07) is 5.96. The smallest absolute Gasteiger partial charge is 0.319 e. The number of aromatic nitrogens is 4. The minimum atomic E-state index is -0.349. The van der Waals surface area contributed by atoms with E-state index >= 15 is 0 Å². The maximum Gasteiger partial charge on any atom is 0.319 e. The molecule has 9 heteroatoms. The first-order valence-electron chi connectivity index (χ1n) is 11.0. The number of fused-ring (bicyclic) bond motifs is 1. The topological polar surface area (TPSA) is 111 Å². The van der Waals surface area contributed by atoms with Crippen molar-refractivity contribution in [3.05, 3.63) is 42.6 Å². The van der Waals surface area contributed by atoms with Crippen LogP contribution in [0.15, 0.2) is 37.1 Å². The van der Waals surface area contributed by atoms with Crippen LogP contribution in [0.2, 0.25) is 0 Å². The van der Waals surface area contributed by atoms with Crippen LogP contribution in [-0.2, 0) is 11.3 Å². The van der Waals surface area contributed by atoms with Gasteiger partial charge in [0.15, 0.2) is 11.5 Å². The summed E-state index contributed by atoms with van der Waals surface area (Å²) >= 11 is 0. The zero-order valence-corrected chi connectivity index (χ0v) is 18.7. The Hall–Kier alpha value is -3.17. The average molecular weight is 438 g/mol. The van der Waals surface area contributed by atoms with E-state index in [4.69, 9.17) is 9.72 Å². The van der Waals surface area contributed by atoms with Gasteiger partial charge in [-0.1, -0.05) is 12.1 Å². The number of rotatable bonds is 8. The lowest BCUT2D eigenvalue weighted by atomic mass is 9.99. The molecule has 0 bridgehead atoms. The molecule has 4 rings (SSSR count). The normalized spacial score (nSPS) is 15.1. The molecule has 3 aromatic rings. The zero-order valence-electron chi connectivity index (χ0n) is 18.7. The van der Waals surface area contributed by atoms with Crippen molar-refractivity contribution < 1.29 is 9.53 Å². The molecule has 1 fully saturated rings. The Bertz CT molecular complexity index is 1080. The van der Waals surface area contributed by atoms with Crippen LogP contribution >= 0.6 is 0 Å². The number of hydrogen-bond acceptors (Lipinski definition) is 5. The lowest BCUT2D eigenvalue weighted by Crippen LogP contribution is -2.45. The van der Waals surface area contributed by atoms with Crippen LogP contribution in [-0.4, -0.2) is 62.9 Å². The molecular formula is C23H31N7O2. The van der Waals surface area contributed by atoms with Gasteiger partial charge >= 0.3 is 6.03 Å². The highest BCUT2D eigenvalue weighted by molar-refractivity contribution is 5.93. The van der Waals surface area contributed by atoms with Crippen LogP contribution in [0.4, 0.5) is 10.5 Å². The Morgan fingerprint density at radius 3 is 2.94 bits per heavy atom. The molecule has 2 amide bonds. The van der Waals surface area contributed by atoms with Gasteiger partial charge in [-0.05, 0) is 44.4 Å². The van der Waals surface area contributed by atoms with Gasteiger partial charge < -0.3 is 20.4 Å². The van der Waals surface area contributed by atoms with Crippen molar-refractivity contribution >= 4 is 22.8 Å². The molecule has 3 heterocycles. The molecule has 1 aromatic carbocycles. The van der Waals surface area contributed by atoms with Crippen molar-refractivity contribution in [3.63, 3.8) is 0 Å². The maximum atomic E-state index is 12.5. The molecule has 9 nitrogen and oxygen atoms in total. The highest BCUT2D eigenvalue weighted by Crippen LogP contribution is 2.26. The maximum absolute atomic E-state index is 12.5. The molecule has 0 aliphatic carbocycles. The Balaban J connectivity index is 1.47. The van der Waals surface area contributed by atoms with Gasteiger partial charge in [0.2, 0.25) is 0 Å². The Morgan fingerprint density at radius 1 is 1.34 bits per heavy atom. The number of imidazole rings is 1. The molecule has 1 aliphatic rings. The van der Waals surface area contributed by atoms with E-state index in [9.17, 15) is 4.79 Å². The molecule has 0 spiro atoms. The van der Waals surface area contributed by atoms with Crippen LogP contribution in [0.5, 0.6) is 0 Å². The fraction of sp³-hybridized carbons (Fsp3) is 0.435. The molecule has 4 N–H and O–H groups in total. The van der Waals surface area contributed by atoms with Crippen molar-refractivity contribution in [1.82, 2.24) is 30.4 Å². The van der Waals surface area contributed by atoms with Crippen LogP contribution in [0, 0.1) is 0 Å². The number of nitrogens with one attached hydrogen (secondary N) is 4. The fourth-order valence-corrected chi connectivity index (χ4v) is 3.83. The number of anilines is 1. The molecule has 2 aromatic heterocycles. The highest BCUT2D eigenvalue weighted by atomic mass is 16.5. The number of hydrogen-bond donors (Lipinski definition) is 4. The van der Waals surface area contributed by atoms with Gasteiger partial charge in [-0.25, -0.2) is 9.78 Å². The van der Waals surface area contributed by atoms with Gasteiger partial charge in [-0.15, -0.1) is 6.58 Å². The summed E-state index contributed by atoms with van der Waals surface area (Å²) in [4.78, 5) is 23.0. The van der Waals surface area contributed by atoms with Crippen molar-refractivity contribution in [2.24, 2.45) is 0 Å². The second-order valence-corrected chi connectivity index (χ2v) is 8.76. The molecule has 170 valence electrons. The van der Waals surface area contributed by atoms with E-state index in [0.717, 1.165) is 56.7 Å². The first-order chi connectivity index (χ1) is 15.4. The van der Waals surface area contributed by atoms with Crippen molar-refractivity contribution in [1.29, 1.82) is 0 Å². The third kappa shape index (κ3) is 5.35. The quantitative estimate of drug-likeness (QED) is 0.402. The van der Waals surface area contributed by atoms with Gasteiger partial charge in [-0.2, -0.15) is 5.10 Å². The van der Waals surface area contributed by atoms with E-state index in [1.165, 1.54) is 5.56 Å². The van der Waals surface area contributed by atoms with Gasteiger partial charge in [-0.3, -0.25) is 10.00 Å². The van der Waals surface area contributed by atoms with E-state index in [1.807, 2.05) is 26.0 Å². The summed E-state index contributed by atoms with van der Waals surface area (Å²) in [5, 5.41) is 13.0. The molecule has 32 heavy (non-hydrogen) atoms. The standard InChI is InChI=1S/C23H31N7O2/c1-4-5-8-23(2,3)28-22(31)27-19-14-24-29-20(19)21-25-17-7-6-16(13-18(17)26-21)15-30-9-11-32-12-10-30/h4,6-7,13-14H,1,5,8-12,15H2,2-3H3,(H,24,29)(H,25,26)(H2,27,28,31). The van der Waals surface area contributed by atoms with Crippen LogP contribution in [0.1, 0.15) is 32.3 Å². The largest absolute Gasteiger partial charge is 0.379 e. The van der Waals surface area contributed by atoms with E-state index in [2.05, 4.69) is 49.4 Å². The number of amides is 2. The Morgan fingerprint density at radius 2 is 2.16 bits per heavy atom. The van der Waals surface area contributed by atoms with Crippen LogP contribution in [0.25, 0.3) is 22.6 Å². The summed E-state index contributed by atoms with van der Waals surface area (Å²) < 4.78 is 5.43. The minimum Gasteiger partial charge on any atom is -0.379 e. The molecule has 0 saturated carbocycles. The van der Waals surface area contributed by atoms with E-state index in [0.29, 0.717) is 17.2 Å². The highest BCUT2D eigenvalue weighted by Gasteiger charge is 2.21. The van der Waals surface area contributed by atoms with Gasteiger partial charge in [0.25, 0.3) is 0 Å². The summed E-state index contributed by atoms with van der Waals surface area (Å²) in [5.41, 5.74) is 3.78. The van der Waals surface area contributed by atoms with Crippen molar-refractivity contribution in [3.8, 4) is 11.5 Å². The fourth-order valence-electron chi connectivity index (χ4n) is 3.83. The number of benzene rings is 1. The second kappa shape index (κ2) is 9.54. The van der Waals surface area contributed by atoms with E-state index < -0.39 is 0 Å². The number of allylic oxidation sites excluding steroid dienone is 1. The molecular weight excluding hydrogens is 406 g/mol. The number of carbonyl (C=O) groups is 1. The van der Waals surface area contributed by atoms with E-state index in [-0.39, 0.29) is 11.6 Å². The van der Waals surface area contributed by atoms with Crippen molar-refractivity contribution in [2.75, 3.05) is 31.6 Å². The predicted octanol–water partition coefficient (Wildman–Crippen LogP) is 3.65. The Kier molecular flexibility index (Phi) is 6.57. The van der Waals surface area contributed by atoms with Gasteiger partial charge in [0, 0.05) is 31.4 Å². The molecule has 0 radical (unpaired) electrons. The first-order valence-corrected chi connectivity index (χ1v) is 11.0. The number of morpholine rings is 1. The minimum absolute atomic E-state index is 0.286. The molecule has 0 unspecified atom stereocenters. The number of carbonyl (C=O) groups excluding carboxylic acids is 1. The predicted molar refractivity (Wildman–Crippen MR) is 125 cm³/mol. The third-order valence-corrected chi connectivity index (χ3v) is 5.60. The van der Waals surface area contributed by atoms with Gasteiger partial charge in [0.1, 0.15) is 0 Å². The lowest BCUT2D eigenvalue weighted by molar-refractivity contribution is 0.0342. The van der Waals surface area contributed by atoms with Crippen molar-refractivity contribution in [2.45, 2.75) is 38.8 Å². The number of aromatic amines is 2. The molecule has 1 aliphatic heterocycles. The number of H-pyrrole nitrogens is 2. The Labute approximate surface area is 187 Å². The van der Waals surface area contributed by atoms with Crippen LogP contribution in [0.3, 0.4) is 0 Å². The zero-order chi connectivity index (χ0) is 22.6. The summed E-state index contributed by atoms with van der Waals surface area (Å²) in [5.74, 6) is 0.603. The summed E-state index contributed by atoms with van der Waals surface area (Å²) in [6.07, 6.45) is 5.14. The number of nitrogens with zero attached hydrogens (tertiary/aromatic N) is 3. The summed E-state index contributed by atoms with van der Waals surface area (Å²) in [7, 11) is 0. The lowest BCUT2D eigenvalue weighted by Gasteiger charge is -2.26. The molecule has 1 saturated heterocycles. The first kappa shape index (κ1) is 22.0. The summed E-state index contributed by atoms with van der Waals surface area (Å²) in [6.45, 7) is 12.0. The second-order valence-electron chi connectivity index (χ2n) is 8.76. The monoisotopic (exact) mass is 437 g/mol. The van der Waals surface area contributed by atoms with E-state index in [1.54, 1.807) is 6.20 Å². The number of urea groups is 1. The molecule has 0 atom stereocenters. The van der Waals surface area contributed by atoms with Crippen LogP contribution < -0.4 is 10.6 Å². The number of ether oxygens (including phenoxy) is 1. The third-order valence-electron chi connectivity index (χ3n) is 5.60. The average Bonchev–Trinajstić information content (AvgIpc) is 3.38. The van der Waals surface area contributed by atoms with Gasteiger partial charge in [0.05, 0.1) is 29.9 Å².